The maximum Gasteiger partial charge on any atom is 0.140 e. The van der Waals surface area contributed by atoms with Crippen LogP contribution in [0.25, 0.3) is 0 Å². The van der Waals surface area contributed by atoms with E-state index in [4.69, 9.17) is 11.6 Å². The zero-order valence-corrected chi connectivity index (χ0v) is 12.4. The van der Waals surface area contributed by atoms with Crippen LogP contribution in [0.1, 0.15) is 45.1 Å². The molecule has 1 aromatic rings. The fourth-order valence-corrected chi connectivity index (χ4v) is 3.13. The highest BCUT2D eigenvalue weighted by molar-refractivity contribution is 6.30. The number of hydrogen-bond acceptors (Lipinski definition) is 4. The largest absolute Gasteiger partial charge is 0.391 e. The van der Waals surface area contributed by atoms with Crippen LogP contribution in [0.3, 0.4) is 0 Å². The molecule has 0 bridgehead atoms. The molecule has 19 heavy (non-hydrogen) atoms. The molecule has 106 valence electrons. The highest BCUT2D eigenvalue weighted by Gasteiger charge is 2.32. The topological polar surface area (TPSA) is 49.2 Å². The summed E-state index contributed by atoms with van der Waals surface area (Å²) in [5.41, 5.74) is 1.12. The van der Waals surface area contributed by atoms with Gasteiger partial charge in [-0.25, -0.2) is 9.97 Å². The van der Waals surface area contributed by atoms with E-state index >= 15 is 0 Å². The summed E-state index contributed by atoms with van der Waals surface area (Å²) in [6.07, 6.45) is 6.28. The van der Waals surface area contributed by atoms with Crippen molar-refractivity contribution in [1.29, 1.82) is 0 Å². The second kappa shape index (κ2) is 6.06. The normalized spacial score (nSPS) is 18.6. The van der Waals surface area contributed by atoms with Crippen LogP contribution in [0, 0.1) is 5.41 Å². The smallest absolute Gasteiger partial charge is 0.140 e. The van der Waals surface area contributed by atoms with Gasteiger partial charge in [-0.15, -0.1) is 0 Å². The van der Waals surface area contributed by atoms with Gasteiger partial charge in [-0.3, -0.25) is 0 Å². The van der Waals surface area contributed by atoms with Gasteiger partial charge in [-0.1, -0.05) is 38.3 Å². The van der Waals surface area contributed by atoms with Crippen molar-refractivity contribution in [3.8, 4) is 0 Å². The van der Waals surface area contributed by atoms with Crippen LogP contribution in [-0.4, -0.2) is 28.2 Å². The zero-order valence-electron chi connectivity index (χ0n) is 11.7. The first-order chi connectivity index (χ1) is 9.15. The Morgan fingerprint density at radius 3 is 2.42 bits per heavy atom. The number of aromatic nitrogens is 2. The Kier molecular flexibility index (Phi) is 4.63. The number of aliphatic hydroxyl groups is 1. The van der Waals surface area contributed by atoms with Gasteiger partial charge in [0, 0.05) is 13.1 Å². The van der Waals surface area contributed by atoms with E-state index in [0.717, 1.165) is 18.9 Å². The standard InChI is InChI=1S/C14H22ClN3O/c1-3-14(4-2)5-7-18(8-6-14)13-11(9-19)12(15)16-10-17-13/h10,19H,3-9H2,1-2H3. The van der Waals surface area contributed by atoms with Crippen LogP contribution in [0.5, 0.6) is 0 Å². The highest BCUT2D eigenvalue weighted by Crippen LogP contribution is 2.39. The molecule has 1 fully saturated rings. The lowest BCUT2D eigenvalue weighted by atomic mass is 9.74. The predicted molar refractivity (Wildman–Crippen MR) is 77.4 cm³/mol. The summed E-state index contributed by atoms with van der Waals surface area (Å²) in [7, 11) is 0. The van der Waals surface area contributed by atoms with Crippen molar-refractivity contribution in [1.82, 2.24) is 9.97 Å². The minimum atomic E-state index is -0.113. The maximum absolute atomic E-state index is 9.43. The van der Waals surface area contributed by atoms with Crippen molar-refractivity contribution in [3.63, 3.8) is 0 Å². The van der Waals surface area contributed by atoms with Crippen molar-refractivity contribution in [3.05, 3.63) is 17.0 Å². The van der Waals surface area contributed by atoms with E-state index in [2.05, 4.69) is 28.7 Å². The molecule has 2 rings (SSSR count). The van der Waals surface area contributed by atoms with Crippen LogP contribution in [0.4, 0.5) is 5.82 Å². The molecule has 2 heterocycles. The predicted octanol–water partition coefficient (Wildman–Crippen LogP) is 3.03. The Balaban J connectivity index is 2.16. The Morgan fingerprint density at radius 1 is 1.26 bits per heavy atom. The third-order valence-electron chi connectivity index (χ3n) is 4.65. The molecule has 0 spiro atoms. The second-order valence-corrected chi connectivity index (χ2v) is 5.68. The third kappa shape index (κ3) is 2.84. The van der Waals surface area contributed by atoms with Crippen molar-refractivity contribution < 1.29 is 5.11 Å². The molecule has 0 aromatic carbocycles. The van der Waals surface area contributed by atoms with Gasteiger partial charge in [-0.2, -0.15) is 0 Å². The molecule has 0 saturated carbocycles. The molecule has 1 N–H and O–H groups in total. The SMILES string of the molecule is CCC1(CC)CCN(c2ncnc(Cl)c2CO)CC1. The van der Waals surface area contributed by atoms with Gasteiger partial charge >= 0.3 is 0 Å². The third-order valence-corrected chi connectivity index (χ3v) is 4.98. The van der Waals surface area contributed by atoms with Gasteiger partial charge in [0.15, 0.2) is 0 Å². The van der Waals surface area contributed by atoms with Crippen molar-refractivity contribution in [2.24, 2.45) is 5.41 Å². The van der Waals surface area contributed by atoms with Crippen molar-refractivity contribution in [2.75, 3.05) is 18.0 Å². The number of rotatable bonds is 4. The minimum Gasteiger partial charge on any atom is -0.391 e. The van der Waals surface area contributed by atoms with Gasteiger partial charge in [-0.05, 0) is 18.3 Å². The molecule has 1 aromatic heterocycles. The summed E-state index contributed by atoms with van der Waals surface area (Å²) in [6, 6.07) is 0. The number of piperidine rings is 1. The average Bonchev–Trinajstić information content (AvgIpc) is 2.47. The van der Waals surface area contributed by atoms with Crippen LogP contribution in [0.15, 0.2) is 6.33 Å². The minimum absolute atomic E-state index is 0.113. The summed E-state index contributed by atoms with van der Waals surface area (Å²) in [4.78, 5) is 10.5. The Morgan fingerprint density at radius 2 is 1.89 bits per heavy atom. The number of halogens is 1. The quantitative estimate of drug-likeness (QED) is 0.863. The molecule has 0 amide bonds. The molecule has 1 saturated heterocycles. The van der Waals surface area contributed by atoms with Crippen molar-refractivity contribution >= 4 is 17.4 Å². The zero-order chi connectivity index (χ0) is 13.9. The van der Waals surface area contributed by atoms with Gasteiger partial charge in [0.1, 0.15) is 17.3 Å². The van der Waals surface area contributed by atoms with Crippen molar-refractivity contribution in [2.45, 2.75) is 46.1 Å². The lowest BCUT2D eigenvalue weighted by molar-refractivity contribution is 0.198. The first kappa shape index (κ1) is 14.5. The number of anilines is 1. The molecular formula is C14H22ClN3O. The first-order valence-corrected chi connectivity index (χ1v) is 7.38. The van der Waals surface area contributed by atoms with E-state index in [1.54, 1.807) is 0 Å². The van der Waals surface area contributed by atoms with E-state index in [0.29, 0.717) is 16.1 Å². The number of hydrogen-bond donors (Lipinski definition) is 1. The summed E-state index contributed by atoms with van der Waals surface area (Å²) >= 11 is 6.02. The lowest BCUT2D eigenvalue weighted by Gasteiger charge is -2.41. The molecule has 0 unspecified atom stereocenters. The summed E-state index contributed by atoms with van der Waals surface area (Å²) in [5, 5.41) is 9.79. The highest BCUT2D eigenvalue weighted by atomic mass is 35.5. The van der Waals surface area contributed by atoms with E-state index in [-0.39, 0.29) is 6.61 Å². The maximum atomic E-state index is 9.43. The number of nitrogens with zero attached hydrogens (tertiary/aromatic N) is 3. The summed E-state index contributed by atoms with van der Waals surface area (Å²) in [6.45, 7) is 6.39. The van der Waals surface area contributed by atoms with Crippen LogP contribution in [0.2, 0.25) is 5.15 Å². The average molecular weight is 284 g/mol. The van der Waals surface area contributed by atoms with Crippen LogP contribution < -0.4 is 4.90 Å². The molecule has 1 aliphatic heterocycles. The van der Waals surface area contributed by atoms with E-state index in [1.807, 2.05) is 0 Å². The number of aliphatic hydroxyl groups excluding tert-OH is 1. The lowest BCUT2D eigenvalue weighted by Crippen LogP contribution is -2.40. The fourth-order valence-electron chi connectivity index (χ4n) is 2.94. The van der Waals surface area contributed by atoms with Crippen LogP contribution >= 0.6 is 11.6 Å². The van der Waals surface area contributed by atoms with Gasteiger partial charge < -0.3 is 10.0 Å². The monoisotopic (exact) mass is 283 g/mol. The first-order valence-electron chi connectivity index (χ1n) is 7.01. The van der Waals surface area contributed by atoms with Gasteiger partial charge in [0.05, 0.1) is 12.2 Å². The molecule has 0 atom stereocenters. The fraction of sp³-hybridized carbons (Fsp3) is 0.714. The molecule has 5 heteroatoms. The molecule has 0 aliphatic carbocycles. The van der Waals surface area contributed by atoms with E-state index in [9.17, 15) is 5.11 Å². The molecular weight excluding hydrogens is 262 g/mol. The van der Waals surface area contributed by atoms with Gasteiger partial charge in [0.25, 0.3) is 0 Å². The van der Waals surface area contributed by atoms with Crippen LogP contribution in [-0.2, 0) is 6.61 Å². The molecule has 0 radical (unpaired) electrons. The molecule has 4 nitrogen and oxygen atoms in total. The van der Waals surface area contributed by atoms with E-state index in [1.165, 1.54) is 32.0 Å². The molecule has 1 aliphatic rings. The second-order valence-electron chi connectivity index (χ2n) is 5.32. The Bertz CT molecular complexity index is 425. The summed E-state index contributed by atoms with van der Waals surface area (Å²) < 4.78 is 0. The summed E-state index contributed by atoms with van der Waals surface area (Å²) in [5.74, 6) is 0.795. The Labute approximate surface area is 119 Å². The van der Waals surface area contributed by atoms with Gasteiger partial charge in [0.2, 0.25) is 0 Å². The Hall–Kier alpha value is -0.870. The van der Waals surface area contributed by atoms with E-state index < -0.39 is 0 Å².